The zero-order valence-corrected chi connectivity index (χ0v) is 44.6. The van der Waals surface area contributed by atoms with Gasteiger partial charge in [-0.05, 0) is 94.3 Å². The highest BCUT2D eigenvalue weighted by molar-refractivity contribution is 7.81. The molecule has 408 valence electrons. The third kappa shape index (κ3) is 17.5. The first kappa shape index (κ1) is 60.9. The van der Waals surface area contributed by atoms with E-state index in [1.165, 1.54) is 32.9 Å². The molecule has 23 heteroatoms. The Bertz CT molecular complexity index is 2590. The van der Waals surface area contributed by atoms with Crippen LogP contribution in [-0.4, -0.2) is 133 Å². The summed E-state index contributed by atoms with van der Waals surface area (Å²) in [7, 11) is 0. The van der Waals surface area contributed by atoms with Gasteiger partial charge in [0.1, 0.15) is 47.5 Å². The van der Waals surface area contributed by atoms with E-state index in [1.54, 1.807) is 38.2 Å². The molecule has 8 atom stereocenters. The quantitative estimate of drug-likeness (QED) is 0.0321. The number of hydrogen-bond acceptors (Lipinski definition) is 14. The minimum atomic E-state index is -1.68. The summed E-state index contributed by atoms with van der Waals surface area (Å²) in [6.45, 7) is 7.73. The minimum absolute atomic E-state index is 0.00316. The number of primary amides is 1. The van der Waals surface area contributed by atoms with Crippen LogP contribution in [-0.2, 0) is 57.6 Å². The Morgan fingerprint density at radius 3 is 1.79 bits per heavy atom. The molecule has 0 aliphatic rings. The second kappa shape index (κ2) is 28.3. The van der Waals surface area contributed by atoms with E-state index in [0.717, 1.165) is 16.5 Å². The van der Waals surface area contributed by atoms with Crippen LogP contribution in [0.1, 0.15) is 77.0 Å². The van der Waals surface area contributed by atoms with E-state index < -0.39 is 106 Å². The number of rotatable bonds is 29. The average molecular weight is 1080 g/mol. The van der Waals surface area contributed by atoms with Crippen molar-refractivity contribution in [3.63, 3.8) is 0 Å². The highest BCUT2D eigenvalue weighted by Crippen LogP contribution is 2.24. The van der Waals surface area contributed by atoms with Gasteiger partial charge >= 0.3 is 0 Å². The maximum Gasteiger partial charge on any atom is 0.246 e. The Morgan fingerprint density at radius 1 is 0.680 bits per heavy atom. The van der Waals surface area contributed by atoms with Crippen LogP contribution >= 0.6 is 25.3 Å². The van der Waals surface area contributed by atoms with E-state index in [4.69, 9.17) is 17.2 Å². The molecule has 0 aliphatic carbocycles. The van der Waals surface area contributed by atoms with Crippen molar-refractivity contribution in [2.24, 2.45) is 17.2 Å². The maximum absolute atomic E-state index is 14.8. The third-order valence-corrected chi connectivity index (χ3v) is 13.5. The SMILES string of the molecule is CCC(CC)(NC(=O)[C@H](CCCN)NC(=O)[C@@H](Cc1c[nH]c2ccccc12)NC(=O)[C@H](Cc1ccc(O)cc1)NC(=O)[C@H](CS)NC(=O)[C@H](N)Cc1ccccc1)C(=O)NC(C(=O)N[C@H](C(N)=O)[C@@H](C)O)C(C)(C)S. The zero-order valence-electron chi connectivity index (χ0n) is 42.9. The molecule has 75 heavy (non-hydrogen) atoms. The molecular formula is C52H73N11O10S2. The van der Waals surface area contributed by atoms with Crippen molar-refractivity contribution in [3.05, 3.63) is 102 Å². The zero-order chi connectivity index (χ0) is 55.6. The lowest BCUT2D eigenvalue weighted by molar-refractivity contribution is -0.139. The van der Waals surface area contributed by atoms with Gasteiger partial charge in [-0.2, -0.15) is 25.3 Å². The normalized spacial score (nSPS) is 14.9. The van der Waals surface area contributed by atoms with Gasteiger partial charge in [0.25, 0.3) is 0 Å². The first-order valence-electron chi connectivity index (χ1n) is 24.7. The molecule has 0 saturated heterocycles. The largest absolute Gasteiger partial charge is 0.508 e. The number of hydrogen-bond donors (Lipinski definition) is 15. The smallest absolute Gasteiger partial charge is 0.246 e. The van der Waals surface area contributed by atoms with E-state index in [-0.39, 0.29) is 63.0 Å². The molecule has 0 saturated carbocycles. The van der Waals surface area contributed by atoms with Crippen molar-refractivity contribution >= 4 is 83.4 Å². The number of phenols is 1. The Kier molecular flexibility index (Phi) is 23.0. The summed E-state index contributed by atoms with van der Waals surface area (Å²) in [5.41, 5.74) is 18.5. The predicted molar refractivity (Wildman–Crippen MR) is 291 cm³/mol. The van der Waals surface area contributed by atoms with E-state index in [9.17, 15) is 48.6 Å². The summed E-state index contributed by atoms with van der Waals surface area (Å²) in [6.07, 6.45) is 0.465. The minimum Gasteiger partial charge on any atom is -0.508 e. The van der Waals surface area contributed by atoms with Gasteiger partial charge in [-0.15, -0.1) is 0 Å². The molecule has 1 heterocycles. The molecule has 0 radical (unpaired) electrons. The Morgan fingerprint density at radius 2 is 1.23 bits per heavy atom. The second-order valence-corrected chi connectivity index (χ2v) is 20.6. The number of para-hydroxylation sites is 1. The number of aliphatic hydroxyl groups is 1. The van der Waals surface area contributed by atoms with Gasteiger partial charge in [-0.1, -0.05) is 74.5 Å². The van der Waals surface area contributed by atoms with Gasteiger partial charge in [0, 0.05) is 40.4 Å². The summed E-state index contributed by atoms with van der Waals surface area (Å²) < 4.78 is -1.26. The summed E-state index contributed by atoms with van der Waals surface area (Å²) >= 11 is 8.85. The number of aliphatic hydroxyl groups excluding tert-OH is 1. The number of thiol groups is 2. The number of nitrogens with one attached hydrogen (secondary N) is 8. The van der Waals surface area contributed by atoms with Crippen molar-refractivity contribution in [1.82, 2.24) is 42.2 Å². The van der Waals surface area contributed by atoms with Gasteiger partial charge in [-0.25, -0.2) is 0 Å². The molecule has 16 N–H and O–H groups in total. The molecule has 0 bridgehead atoms. The number of phenolic OH excluding ortho intramolecular Hbond substituents is 1. The van der Waals surface area contributed by atoms with Crippen molar-refractivity contribution < 1.29 is 48.6 Å². The molecule has 4 aromatic rings. The molecule has 4 rings (SSSR count). The second-order valence-electron chi connectivity index (χ2n) is 19.1. The van der Waals surface area contributed by atoms with Crippen molar-refractivity contribution in [2.45, 2.75) is 138 Å². The number of aromatic hydroxyl groups is 1. The summed E-state index contributed by atoms with van der Waals surface area (Å²) in [6, 6.07) is 13.0. The number of benzene rings is 3. The lowest BCUT2D eigenvalue weighted by Gasteiger charge is -2.37. The van der Waals surface area contributed by atoms with Gasteiger partial charge < -0.3 is 69.6 Å². The molecule has 0 aliphatic heterocycles. The monoisotopic (exact) mass is 1080 g/mol. The van der Waals surface area contributed by atoms with Gasteiger partial charge in [0.15, 0.2) is 0 Å². The highest BCUT2D eigenvalue weighted by atomic mass is 32.1. The number of aromatic amines is 1. The fraction of sp³-hybridized carbons (Fsp3) is 0.462. The summed E-state index contributed by atoms with van der Waals surface area (Å²) in [5.74, 6) is -6.74. The first-order valence-corrected chi connectivity index (χ1v) is 25.8. The van der Waals surface area contributed by atoms with Crippen LogP contribution in [0.4, 0.5) is 0 Å². The Hall–Kier alpha value is -6.66. The number of carbonyl (C=O) groups is 8. The van der Waals surface area contributed by atoms with Crippen LogP contribution < -0.4 is 54.4 Å². The van der Waals surface area contributed by atoms with Gasteiger partial charge in [0.05, 0.1) is 12.1 Å². The van der Waals surface area contributed by atoms with E-state index in [1.807, 2.05) is 48.5 Å². The number of H-pyrrole nitrogens is 1. The van der Waals surface area contributed by atoms with Gasteiger partial charge in [-0.3, -0.25) is 38.4 Å². The lowest BCUT2D eigenvalue weighted by atomic mass is 9.89. The van der Waals surface area contributed by atoms with Crippen molar-refractivity contribution in [1.29, 1.82) is 0 Å². The average Bonchev–Trinajstić information content (AvgIpc) is 3.78. The Labute approximate surface area is 447 Å². The van der Waals surface area contributed by atoms with Crippen LogP contribution in [0.3, 0.4) is 0 Å². The van der Waals surface area contributed by atoms with Crippen LogP contribution in [0, 0.1) is 0 Å². The number of nitrogens with two attached hydrogens (primary N) is 3. The van der Waals surface area contributed by atoms with Gasteiger partial charge in [0.2, 0.25) is 47.3 Å². The van der Waals surface area contributed by atoms with Crippen LogP contribution in [0.15, 0.2) is 85.1 Å². The van der Waals surface area contributed by atoms with Crippen LogP contribution in [0.2, 0.25) is 0 Å². The number of carbonyl (C=O) groups excluding carboxylic acids is 8. The molecule has 8 amide bonds. The molecule has 21 nitrogen and oxygen atoms in total. The summed E-state index contributed by atoms with van der Waals surface area (Å²) in [4.78, 5) is 114. The fourth-order valence-corrected chi connectivity index (χ4v) is 8.71. The predicted octanol–water partition coefficient (Wildman–Crippen LogP) is 0.0557. The lowest BCUT2D eigenvalue weighted by Crippen LogP contribution is -2.67. The van der Waals surface area contributed by atoms with E-state index >= 15 is 0 Å². The van der Waals surface area contributed by atoms with E-state index in [0.29, 0.717) is 11.1 Å². The first-order chi connectivity index (χ1) is 35.5. The molecular weight excluding hydrogens is 1000 g/mol. The molecule has 3 aromatic carbocycles. The van der Waals surface area contributed by atoms with Crippen LogP contribution in [0.25, 0.3) is 10.9 Å². The van der Waals surface area contributed by atoms with E-state index in [2.05, 4.69) is 67.5 Å². The standard InChI is InChI=1S/C52H73N11O10S2/c1-6-52(7-2,50(73)62-42(51(4,5)75)49(72)61-41(29(3)64)43(55)66)63-48(71)37(18-13-23-53)57-46(69)39(26-32-27-56-36-17-12-11-16-34(32)36)59-45(68)38(25-31-19-21-33(65)22-20-31)58-47(70)40(28-74)60-44(67)35(54)24-30-14-9-8-10-15-30/h8-12,14-17,19-22,27,29,35,37-42,56,64-65,74-75H,6-7,13,18,23-26,28,53-54H2,1-5H3,(H2,55,66)(H,57,69)(H,58,70)(H,59,68)(H,60,67)(H,61,72)(H,62,73)(H,63,71)/t29-,35-,37+,38+,39-,40+,41+,42?/m1/s1. The van der Waals surface area contributed by atoms with Crippen molar-refractivity contribution in [3.8, 4) is 5.75 Å². The maximum atomic E-state index is 14.8. The highest BCUT2D eigenvalue weighted by Gasteiger charge is 2.44. The number of amides is 8. The topological polar surface area (TPSA) is 355 Å². The third-order valence-electron chi connectivity index (χ3n) is 12.9. The number of aromatic nitrogens is 1. The fourth-order valence-electron chi connectivity index (χ4n) is 8.27. The Balaban J connectivity index is 1.66. The summed E-state index contributed by atoms with van der Waals surface area (Å²) in [5, 5.41) is 39.6. The molecule has 0 spiro atoms. The molecule has 0 fully saturated rings. The number of fused-ring (bicyclic) bond motifs is 1. The molecule has 1 aromatic heterocycles. The molecule has 1 unspecified atom stereocenters. The van der Waals surface area contributed by atoms with Crippen molar-refractivity contribution in [2.75, 3.05) is 12.3 Å². The van der Waals surface area contributed by atoms with Crippen LogP contribution in [0.5, 0.6) is 5.75 Å².